The Kier molecular flexibility index (Phi) is 4.81. The van der Waals surface area contributed by atoms with Crippen LogP contribution in [-0.4, -0.2) is 24.8 Å². The van der Waals surface area contributed by atoms with Gasteiger partial charge >= 0.3 is 0 Å². The molecule has 1 unspecified atom stereocenters. The third-order valence-electron chi connectivity index (χ3n) is 2.78. The number of anilines is 2. The Hall–Kier alpha value is -1.27. The summed E-state index contributed by atoms with van der Waals surface area (Å²) in [6.07, 6.45) is 0. The van der Waals surface area contributed by atoms with Gasteiger partial charge in [-0.15, -0.1) is 0 Å². The minimum absolute atomic E-state index is 0.318. The van der Waals surface area contributed by atoms with Gasteiger partial charge < -0.3 is 11.1 Å². The molecule has 7 heteroatoms. The van der Waals surface area contributed by atoms with E-state index in [1.54, 1.807) is 19.9 Å². The number of hydrogen-bond donors (Lipinski definition) is 2. The first-order valence-electron chi connectivity index (χ1n) is 5.75. The standard InChI is InChI=1S/C12H17ClN2O3S/c1-7(2)19(17,18)8(3)12(16)15-9-4-5-10(13)11(14)6-9/h4-8H,14H2,1-3H3,(H,15,16). The van der Waals surface area contributed by atoms with Crippen LogP contribution in [0.25, 0.3) is 0 Å². The van der Waals surface area contributed by atoms with Gasteiger partial charge in [0.25, 0.3) is 0 Å². The number of nitrogens with two attached hydrogens (primary N) is 1. The van der Waals surface area contributed by atoms with Gasteiger partial charge in [-0.1, -0.05) is 11.6 Å². The van der Waals surface area contributed by atoms with Crippen molar-refractivity contribution in [2.75, 3.05) is 11.1 Å². The number of rotatable bonds is 4. The fourth-order valence-electron chi connectivity index (χ4n) is 1.42. The zero-order valence-corrected chi connectivity index (χ0v) is 12.5. The van der Waals surface area contributed by atoms with Crippen LogP contribution in [0.1, 0.15) is 20.8 Å². The highest BCUT2D eigenvalue weighted by Crippen LogP contribution is 2.22. The first kappa shape index (κ1) is 15.8. The summed E-state index contributed by atoms with van der Waals surface area (Å²) in [5.74, 6) is -0.588. The quantitative estimate of drug-likeness (QED) is 0.833. The molecule has 3 N–H and O–H groups in total. The van der Waals surface area contributed by atoms with E-state index < -0.39 is 26.2 Å². The van der Waals surface area contributed by atoms with Crippen LogP contribution >= 0.6 is 11.6 Å². The molecular weight excluding hydrogens is 288 g/mol. The summed E-state index contributed by atoms with van der Waals surface area (Å²) in [6, 6.07) is 4.58. The van der Waals surface area contributed by atoms with Crippen LogP contribution in [0, 0.1) is 0 Å². The Labute approximate surface area is 118 Å². The van der Waals surface area contributed by atoms with Crippen molar-refractivity contribution in [1.82, 2.24) is 0 Å². The van der Waals surface area contributed by atoms with Crippen molar-refractivity contribution < 1.29 is 13.2 Å². The van der Waals surface area contributed by atoms with Crippen LogP contribution in [0.5, 0.6) is 0 Å². The molecule has 1 atom stereocenters. The second-order valence-electron chi connectivity index (χ2n) is 4.51. The minimum Gasteiger partial charge on any atom is -0.397 e. The maximum absolute atomic E-state index is 11.9. The van der Waals surface area contributed by atoms with Gasteiger partial charge in [0.1, 0.15) is 5.25 Å². The van der Waals surface area contributed by atoms with Gasteiger partial charge in [0.2, 0.25) is 5.91 Å². The highest BCUT2D eigenvalue weighted by atomic mass is 35.5. The Bertz CT molecular complexity index is 585. The summed E-state index contributed by atoms with van der Waals surface area (Å²) < 4.78 is 23.8. The fourth-order valence-corrected chi connectivity index (χ4v) is 2.71. The number of nitrogens with one attached hydrogen (secondary N) is 1. The average molecular weight is 305 g/mol. The highest BCUT2D eigenvalue weighted by Gasteiger charge is 2.30. The van der Waals surface area contributed by atoms with Crippen molar-refractivity contribution in [3.63, 3.8) is 0 Å². The molecule has 19 heavy (non-hydrogen) atoms. The van der Waals surface area contributed by atoms with E-state index in [4.69, 9.17) is 17.3 Å². The molecule has 0 saturated heterocycles. The van der Waals surface area contributed by atoms with Crippen molar-refractivity contribution in [3.8, 4) is 0 Å². The normalized spacial score (nSPS) is 13.3. The summed E-state index contributed by atoms with van der Waals surface area (Å²) in [6.45, 7) is 4.45. The third kappa shape index (κ3) is 3.61. The van der Waals surface area contributed by atoms with Gasteiger partial charge in [0.05, 0.1) is 16.0 Å². The van der Waals surface area contributed by atoms with E-state index >= 15 is 0 Å². The molecule has 1 rings (SSSR count). The minimum atomic E-state index is -3.48. The van der Waals surface area contributed by atoms with Crippen LogP contribution in [0.2, 0.25) is 5.02 Å². The van der Waals surface area contributed by atoms with Crippen molar-refractivity contribution in [1.29, 1.82) is 0 Å². The number of sulfone groups is 1. The smallest absolute Gasteiger partial charge is 0.242 e. The molecule has 0 aliphatic heterocycles. The van der Waals surface area contributed by atoms with E-state index in [0.29, 0.717) is 16.4 Å². The lowest BCUT2D eigenvalue weighted by Gasteiger charge is -2.16. The first-order valence-corrected chi connectivity index (χ1v) is 7.73. The summed E-state index contributed by atoms with van der Waals surface area (Å²) in [4.78, 5) is 11.9. The maximum Gasteiger partial charge on any atom is 0.242 e. The molecule has 0 spiro atoms. The van der Waals surface area contributed by atoms with Crippen LogP contribution < -0.4 is 11.1 Å². The van der Waals surface area contributed by atoms with Gasteiger partial charge in [-0.05, 0) is 39.0 Å². The molecule has 0 radical (unpaired) electrons. The molecule has 0 fully saturated rings. The number of benzene rings is 1. The SMILES string of the molecule is CC(C)S(=O)(=O)C(C)C(=O)Nc1ccc(Cl)c(N)c1. The number of halogens is 1. The van der Waals surface area contributed by atoms with E-state index in [2.05, 4.69) is 5.32 Å². The molecule has 0 heterocycles. The van der Waals surface area contributed by atoms with E-state index in [9.17, 15) is 13.2 Å². The average Bonchev–Trinajstić information content (AvgIpc) is 2.32. The molecule has 5 nitrogen and oxygen atoms in total. The number of amides is 1. The fraction of sp³-hybridized carbons (Fsp3) is 0.417. The topological polar surface area (TPSA) is 89.3 Å². The molecule has 0 saturated carbocycles. The van der Waals surface area contributed by atoms with Gasteiger partial charge in [-0.25, -0.2) is 8.42 Å². The molecule has 106 valence electrons. The lowest BCUT2D eigenvalue weighted by Crippen LogP contribution is -2.36. The summed E-state index contributed by atoms with van der Waals surface area (Å²) in [5, 5.41) is 1.16. The first-order chi connectivity index (χ1) is 8.66. The Morgan fingerprint density at radius 3 is 2.37 bits per heavy atom. The molecule has 1 aromatic carbocycles. The molecule has 0 aromatic heterocycles. The summed E-state index contributed by atoms with van der Waals surface area (Å²) in [5.41, 5.74) is 6.34. The predicted molar refractivity (Wildman–Crippen MR) is 78.0 cm³/mol. The van der Waals surface area contributed by atoms with Crippen LogP contribution in [0.4, 0.5) is 11.4 Å². The van der Waals surface area contributed by atoms with Crippen LogP contribution in [0.3, 0.4) is 0 Å². The maximum atomic E-state index is 11.9. The van der Waals surface area contributed by atoms with Crippen LogP contribution in [-0.2, 0) is 14.6 Å². The molecule has 0 aliphatic rings. The second kappa shape index (κ2) is 5.79. The van der Waals surface area contributed by atoms with E-state index in [-0.39, 0.29) is 0 Å². The monoisotopic (exact) mass is 304 g/mol. The van der Waals surface area contributed by atoms with E-state index in [1.807, 2.05) is 0 Å². The zero-order chi connectivity index (χ0) is 14.8. The summed E-state index contributed by atoms with van der Waals surface area (Å²) in [7, 11) is -3.48. The Balaban J connectivity index is 2.88. The second-order valence-corrected chi connectivity index (χ2v) is 7.74. The van der Waals surface area contributed by atoms with Crippen molar-refractivity contribution >= 4 is 38.7 Å². The third-order valence-corrected chi connectivity index (χ3v) is 5.64. The van der Waals surface area contributed by atoms with E-state index in [1.165, 1.54) is 19.1 Å². The number of carbonyl (C=O) groups is 1. The van der Waals surface area contributed by atoms with Gasteiger partial charge in [-0.3, -0.25) is 4.79 Å². The molecule has 0 aliphatic carbocycles. The van der Waals surface area contributed by atoms with Gasteiger partial charge in [0.15, 0.2) is 9.84 Å². The number of carbonyl (C=O) groups excluding carboxylic acids is 1. The highest BCUT2D eigenvalue weighted by molar-refractivity contribution is 7.93. The number of hydrogen-bond acceptors (Lipinski definition) is 4. The van der Waals surface area contributed by atoms with Crippen LogP contribution in [0.15, 0.2) is 18.2 Å². The number of nitrogen functional groups attached to an aromatic ring is 1. The molecular formula is C12H17ClN2O3S. The predicted octanol–water partition coefficient (Wildman–Crippen LogP) is 2.07. The van der Waals surface area contributed by atoms with Gasteiger partial charge in [0, 0.05) is 5.69 Å². The largest absolute Gasteiger partial charge is 0.397 e. The molecule has 1 amide bonds. The molecule has 1 aromatic rings. The van der Waals surface area contributed by atoms with Gasteiger partial charge in [-0.2, -0.15) is 0 Å². The van der Waals surface area contributed by atoms with Crippen molar-refractivity contribution in [3.05, 3.63) is 23.2 Å². The van der Waals surface area contributed by atoms with Crippen molar-refractivity contribution in [2.45, 2.75) is 31.3 Å². The molecule has 0 bridgehead atoms. The zero-order valence-electron chi connectivity index (χ0n) is 11.0. The Morgan fingerprint density at radius 2 is 1.89 bits per heavy atom. The lowest BCUT2D eigenvalue weighted by molar-refractivity contribution is -0.115. The lowest BCUT2D eigenvalue weighted by atomic mass is 10.2. The Morgan fingerprint density at radius 1 is 1.32 bits per heavy atom. The van der Waals surface area contributed by atoms with E-state index in [0.717, 1.165) is 0 Å². The van der Waals surface area contributed by atoms with Crippen molar-refractivity contribution in [2.24, 2.45) is 0 Å². The summed E-state index contributed by atoms with van der Waals surface area (Å²) >= 11 is 5.76.